The molecule has 0 spiro atoms. The average Bonchev–Trinajstić information content (AvgIpc) is 2.54. The second kappa shape index (κ2) is 6.11. The van der Waals surface area contributed by atoms with Gasteiger partial charge in [-0.25, -0.2) is 0 Å². The summed E-state index contributed by atoms with van der Waals surface area (Å²) >= 11 is 0. The molecule has 1 N–H and O–H groups in total. The second-order valence-electron chi connectivity index (χ2n) is 4.44. The van der Waals surface area contributed by atoms with Crippen LogP contribution in [0.25, 0.3) is 0 Å². The minimum atomic E-state index is 0.228. The van der Waals surface area contributed by atoms with E-state index in [0.29, 0.717) is 12.6 Å². The van der Waals surface area contributed by atoms with Crippen molar-refractivity contribution in [1.29, 1.82) is 0 Å². The Hall–Kier alpha value is -0.570. The van der Waals surface area contributed by atoms with Crippen LogP contribution in [0, 0.1) is 0 Å². The van der Waals surface area contributed by atoms with E-state index in [4.69, 9.17) is 0 Å². The summed E-state index contributed by atoms with van der Waals surface area (Å²) in [6, 6.07) is 0.451. The third-order valence-electron chi connectivity index (χ3n) is 3.16. The number of hydrogen-bond acceptors (Lipinski definition) is 2. The van der Waals surface area contributed by atoms with E-state index in [1.165, 1.54) is 12.8 Å². The smallest absolute Gasteiger partial charge is 0.238 e. The molecule has 1 amide bonds. The molecule has 3 heteroatoms. The molecule has 0 aromatic rings. The van der Waals surface area contributed by atoms with Crippen LogP contribution in [0.3, 0.4) is 0 Å². The zero-order chi connectivity index (χ0) is 11.3. The number of carbonyl (C=O) groups excluding carboxylic acids is 1. The molecular formula is C12H24N2O. The van der Waals surface area contributed by atoms with Crippen molar-refractivity contribution in [2.45, 2.75) is 65.1 Å². The van der Waals surface area contributed by atoms with E-state index >= 15 is 0 Å². The fourth-order valence-corrected chi connectivity index (χ4v) is 2.36. The van der Waals surface area contributed by atoms with Gasteiger partial charge in [-0.1, -0.05) is 33.1 Å². The van der Waals surface area contributed by atoms with E-state index in [1.54, 1.807) is 0 Å². The van der Waals surface area contributed by atoms with Crippen LogP contribution in [0.5, 0.6) is 0 Å². The fourth-order valence-electron chi connectivity index (χ4n) is 2.36. The predicted octanol–water partition coefficient (Wildman–Crippen LogP) is 2.12. The molecule has 2 unspecified atom stereocenters. The maximum absolute atomic E-state index is 11.7. The van der Waals surface area contributed by atoms with E-state index in [2.05, 4.69) is 31.0 Å². The van der Waals surface area contributed by atoms with Gasteiger partial charge in [-0.15, -0.1) is 0 Å². The summed E-state index contributed by atoms with van der Waals surface area (Å²) < 4.78 is 0. The predicted molar refractivity (Wildman–Crippen MR) is 62.5 cm³/mol. The maximum atomic E-state index is 11.7. The Kier molecular flexibility index (Phi) is 5.09. The molecule has 1 aliphatic rings. The minimum absolute atomic E-state index is 0.228. The number of nitrogens with zero attached hydrogens (tertiary/aromatic N) is 1. The monoisotopic (exact) mass is 212 g/mol. The lowest BCUT2D eigenvalue weighted by Crippen LogP contribution is -2.43. The van der Waals surface area contributed by atoms with Crippen molar-refractivity contribution in [3.63, 3.8) is 0 Å². The van der Waals surface area contributed by atoms with Crippen LogP contribution in [0.4, 0.5) is 0 Å². The average molecular weight is 212 g/mol. The van der Waals surface area contributed by atoms with Gasteiger partial charge in [-0.2, -0.15) is 0 Å². The van der Waals surface area contributed by atoms with Crippen LogP contribution in [0.15, 0.2) is 0 Å². The van der Waals surface area contributed by atoms with E-state index in [-0.39, 0.29) is 12.1 Å². The van der Waals surface area contributed by atoms with Gasteiger partial charge >= 0.3 is 0 Å². The first-order valence-electron chi connectivity index (χ1n) is 6.25. The molecule has 0 aliphatic carbocycles. The molecule has 1 aliphatic heterocycles. The van der Waals surface area contributed by atoms with Crippen LogP contribution in [-0.2, 0) is 4.79 Å². The first kappa shape index (κ1) is 12.5. The van der Waals surface area contributed by atoms with Gasteiger partial charge < -0.3 is 4.90 Å². The molecular weight excluding hydrogens is 188 g/mol. The molecule has 0 aromatic heterocycles. The maximum Gasteiger partial charge on any atom is 0.238 e. The molecule has 88 valence electrons. The topological polar surface area (TPSA) is 32.3 Å². The van der Waals surface area contributed by atoms with Gasteiger partial charge in [0.25, 0.3) is 0 Å². The quantitative estimate of drug-likeness (QED) is 0.731. The van der Waals surface area contributed by atoms with E-state index in [9.17, 15) is 4.79 Å². The SMILES string of the molecule is CCCCC(CCC)N1C(=O)CNC1C. The normalized spacial score (nSPS) is 23.5. The van der Waals surface area contributed by atoms with Gasteiger partial charge in [-0.3, -0.25) is 10.1 Å². The number of unbranched alkanes of at least 4 members (excludes halogenated alkanes) is 1. The highest BCUT2D eigenvalue weighted by atomic mass is 16.2. The minimum Gasteiger partial charge on any atom is -0.323 e. The number of nitrogens with one attached hydrogen (secondary N) is 1. The van der Waals surface area contributed by atoms with Crippen molar-refractivity contribution in [2.75, 3.05) is 6.54 Å². The second-order valence-corrected chi connectivity index (χ2v) is 4.44. The molecule has 0 aromatic carbocycles. The molecule has 3 nitrogen and oxygen atoms in total. The van der Waals surface area contributed by atoms with E-state index < -0.39 is 0 Å². The highest BCUT2D eigenvalue weighted by Crippen LogP contribution is 2.19. The van der Waals surface area contributed by atoms with Crippen LogP contribution in [-0.4, -0.2) is 29.6 Å². The third kappa shape index (κ3) is 3.20. The summed E-state index contributed by atoms with van der Waals surface area (Å²) in [5, 5.41) is 3.21. The summed E-state index contributed by atoms with van der Waals surface area (Å²) in [6.07, 6.45) is 6.11. The Labute approximate surface area is 93.2 Å². The van der Waals surface area contributed by atoms with Crippen molar-refractivity contribution >= 4 is 5.91 Å². The standard InChI is InChI=1S/C12H24N2O/c1-4-6-8-11(7-5-2)14-10(3)13-9-12(14)15/h10-11,13H,4-9H2,1-3H3. The molecule has 0 saturated carbocycles. The first-order chi connectivity index (χ1) is 7.20. The Morgan fingerprint density at radius 2 is 2.13 bits per heavy atom. The molecule has 15 heavy (non-hydrogen) atoms. The van der Waals surface area contributed by atoms with Crippen LogP contribution in [0.2, 0.25) is 0 Å². The lowest BCUT2D eigenvalue weighted by molar-refractivity contribution is -0.130. The summed E-state index contributed by atoms with van der Waals surface area (Å²) in [5.41, 5.74) is 0. The van der Waals surface area contributed by atoms with E-state index in [0.717, 1.165) is 19.3 Å². The molecule has 0 bridgehead atoms. The lowest BCUT2D eigenvalue weighted by Gasteiger charge is -2.31. The summed E-state index contributed by atoms with van der Waals surface area (Å²) in [5.74, 6) is 0.275. The van der Waals surface area contributed by atoms with Crippen LogP contribution < -0.4 is 5.32 Å². The van der Waals surface area contributed by atoms with Crippen molar-refractivity contribution in [2.24, 2.45) is 0 Å². The summed E-state index contributed by atoms with van der Waals surface area (Å²) in [4.78, 5) is 13.8. The largest absolute Gasteiger partial charge is 0.323 e. The number of amides is 1. The van der Waals surface area contributed by atoms with Gasteiger partial charge in [0.1, 0.15) is 0 Å². The third-order valence-corrected chi connectivity index (χ3v) is 3.16. The highest BCUT2D eigenvalue weighted by molar-refractivity contribution is 5.80. The van der Waals surface area contributed by atoms with Gasteiger partial charge in [0.15, 0.2) is 0 Å². The van der Waals surface area contributed by atoms with Gasteiger partial charge in [0, 0.05) is 6.04 Å². The highest BCUT2D eigenvalue weighted by Gasteiger charge is 2.32. The zero-order valence-corrected chi connectivity index (χ0v) is 10.3. The van der Waals surface area contributed by atoms with Crippen molar-refractivity contribution in [1.82, 2.24) is 10.2 Å². The van der Waals surface area contributed by atoms with Crippen molar-refractivity contribution in [3.05, 3.63) is 0 Å². The summed E-state index contributed by atoms with van der Waals surface area (Å²) in [7, 11) is 0. The molecule has 0 radical (unpaired) electrons. The lowest BCUT2D eigenvalue weighted by atomic mass is 10.0. The van der Waals surface area contributed by atoms with Gasteiger partial charge in [-0.05, 0) is 19.8 Å². The number of hydrogen-bond donors (Lipinski definition) is 1. The van der Waals surface area contributed by atoms with Crippen molar-refractivity contribution in [3.8, 4) is 0 Å². The van der Waals surface area contributed by atoms with Gasteiger partial charge in [0.05, 0.1) is 12.7 Å². The molecule has 1 saturated heterocycles. The van der Waals surface area contributed by atoms with Crippen molar-refractivity contribution < 1.29 is 4.79 Å². The Morgan fingerprint density at radius 1 is 1.40 bits per heavy atom. The molecule has 1 fully saturated rings. The van der Waals surface area contributed by atoms with Crippen LogP contribution >= 0.6 is 0 Å². The number of carbonyl (C=O) groups is 1. The Bertz CT molecular complexity index is 206. The Balaban J connectivity index is 2.56. The van der Waals surface area contributed by atoms with Gasteiger partial charge in [0.2, 0.25) is 5.91 Å². The first-order valence-corrected chi connectivity index (χ1v) is 6.25. The Morgan fingerprint density at radius 3 is 2.60 bits per heavy atom. The molecule has 1 heterocycles. The van der Waals surface area contributed by atoms with Crippen LogP contribution in [0.1, 0.15) is 52.9 Å². The fraction of sp³-hybridized carbons (Fsp3) is 0.917. The molecule has 2 atom stereocenters. The zero-order valence-electron chi connectivity index (χ0n) is 10.3. The molecule has 1 rings (SSSR count). The number of rotatable bonds is 6. The summed E-state index contributed by atoms with van der Waals surface area (Å²) in [6.45, 7) is 7.00. The van der Waals surface area contributed by atoms with E-state index in [1.807, 2.05) is 0 Å².